The summed E-state index contributed by atoms with van der Waals surface area (Å²) in [6.07, 6.45) is 5.01. The number of carbonyl (C=O) groups excluding carboxylic acids is 1. The fourth-order valence-corrected chi connectivity index (χ4v) is 3.04. The van der Waals surface area contributed by atoms with Crippen LogP contribution in [0.1, 0.15) is 35.6 Å². The first-order valence-corrected chi connectivity index (χ1v) is 7.70. The highest BCUT2D eigenvalue weighted by Crippen LogP contribution is 2.46. The van der Waals surface area contributed by atoms with Gasteiger partial charge in [0, 0.05) is 22.9 Å². The van der Waals surface area contributed by atoms with E-state index < -0.39 is 6.10 Å². The topological polar surface area (TPSA) is 51.6 Å². The summed E-state index contributed by atoms with van der Waals surface area (Å²) in [7, 11) is 0. The van der Waals surface area contributed by atoms with Gasteiger partial charge < -0.3 is 4.74 Å². The van der Waals surface area contributed by atoms with E-state index in [9.17, 15) is 4.79 Å². The number of ether oxygens (including phenoxy) is 1. The normalized spacial score (nSPS) is 20.4. The molecule has 3 rings (SSSR count). The molecule has 2 atom stereocenters. The Balaban J connectivity index is 2.16. The molecule has 24 heavy (non-hydrogen) atoms. The van der Waals surface area contributed by atoms with Crippen LogP contribution in [-0.2, 0) is 9.53 Å². The predicted molar refractivity (Wildman–Crippen MR) is 95.3 cm³/mol. The van der Waals surface area contributed by atoms with E-state index in [4.69, 9.17) is 4.74 Å². The Morgan fingerprint density at radius 2 is 2.00 bits per heavy atom. The Labute approximate surface area is 141 Å². The molecule has 0 aliphatic carbocycles. The summed E-state index contributed by atoms with van der Waals surface area (Å²) in [4.78, 5) is 20.4. The highest BCUT2D eigenvalue weighted by atomic mass is 16.6. The second kappa shape index (κ2) is 6.62. The number of hydrogen-bond donors (Lipinski definition) is 0. The summed E-state index contributed by atoms with van der Waals surface area (Å²) in [5, 5.41) is 0. The lowest BCUT2D eigenvalue weighted by Crippen LogP contribution is -2.09. The molecule has 2 aromatic rings. The van der Waals surface area contributed by atoms with Crippen molar-refractivity contribution in [1.82, 2.24) is 4.98 Å². The number of hydrogen-bond acceptors (Lipinski definition) is 4. The van der Waals surface area contributed by atoms with Gasteiger partial charge in [0.1, 0.15) is 6.10 Å². The number of pyridine rings is 1. The van der Waals surface area contributed by atoms with Gasteiger partial charge in [0.15, 0.2) is 5.82 Å². The van der Waals surface area contributed by atoms with E-state index in [1.54, 1.807) is 6.20 Å². The summed E-state index contributed by atoms with van der Waals surface area (Å²) >= 11 is 0. The zero-order valence-corrected chi connectivity index (χ0v) is 13.5. The van der Waals surface area contributed by atoms with Crippen LogP contribution in [0.15, 0.2) is 65.8 Å². The molecule has 0 saturated carbocycles. The third-order valence-corrected chi connectivity index (χ3v) is 4.13. The molecule has 0 bridgehead atoms. The van der Waals surface area contributed by atoms with Crippen LogP contribution in [0.5, 0.6) is 0 Å². The van der Waals surface area contributed by atoms with E-state index in [1.165, 1.54) is 0 Å². The van der Waals surface area contributed by atoms with Gasteiger partial charge in [0.05, 0.1) is 5.92 Å². The standard InChI is InChI=1S/C20H18N2O2/c1-4-8-16-15(11-12-22-19(16)21-3)18-17(13(2)20(23)24-18)14-9-6-5-7-10-14/h4-12,17-18H,2-3H2,1H3/b8-4-/t17-,18-/m1/s1. The third kappa shape index (κ3) is 2.67. The van der Waals surface area contributed by atoms with Crippen molar-refractivity contribution in [2.24, 2.45) is 4.99 Å². The molecule has 1 aromatic carbocycles. The Morgan fingerprint density at radius 1 is 1.25 bits per heavy atom. The van der Waals surface area contributed by atoms with E-state index in [1.807, 2.05) is 55.5 Å². The van der Waals surface area contributed by atoms with Crippen molar-refractivity contribution in [3.63, 3.8) is 0 Å². The molecule has 120 valence electrons. The maximum atomic E-state index is 12.2. The number of aliphatic imine (C=N–C) groups is 1. The van der Waals surface area contributed by atoms with Crippen LogP contribution < -0.4 is 0 Å². The number of rotatable bonds is 4. The molecule has 4 heteroatoms. The average molecular weight is 318 g/mol. The lowest BCUT2D eigenvalue weighted by atomic mass is 9.85. The molecule has 0 radical (unpaired) electrons. The van der Waals surface area contributed by atoms with Crippen LogP contribution in [0.25, 0.3) is 6.08 Å². The Hall–Kier alpha value is -3.01. The van der Waals surface area contributed by atoms with Gasteiger partial charge in [-0.3, -0.25) is 0 Å². The van der Waals surface area contributed by atoms with Crippen molar-refractivity contribution < 1.29 is 9.53 Å². The number of nitrogens with zero attached hydrogens (tertiary/aromatic N) is 2. The number of esters is 1. The van der Waals surface area contributed by atoms with Gasteiger partial charge in [-0.15, -0.1) is 0 Å². The number of aromatic nitrogens is 1. The molecule has 1 aliphatic heterocycles. The maximum Gasteiger partial charge on any atom is 0.334 e. The monoisotopic (exact) mass is 318 g/mol. The van der Waals surface area contributed by atoms with Gasteiger partial charge in [-0.2, -0.15) is 0 Å². The first-order valence-electron chi connectivity index (χ1n) is 7.70. The van der Waals surface area contributed by atoms with Crippen LogP contribution in [0, 0.1) is 0 Å². The van der Waals surface area contributed by atoms with Crippen molar-refractivity contribution in [3.8, 4) is 0 Å². The molecule has 4 nitrogen and oxygen atoms in total. The average Bonchev–Trinajstić information content (AvgIpc) is 2.91. The zero-order valence-electron chi connectivity index (χ0n) is 13.5. The van der Waals surface area contributed by atoms with Gasteiger partial charge in [0.2, 0.25) is 0 Å². The highest BCUT2D eigenvalue weighted by Gasteiger charge is 2.41. The van der Waals surface area contributed by atoms with Crippen LogP contribution in [0.3, 0.4) is 0 Å². The number of allylic oxidation sites excluding steroid dienone is 1. The second-order valence-electron chi connectivity index (χ2n) is 5.54. The van der Waals surface area contributed by atoms with E-state index in [0.717, 1.165) is 16.7 Å². The van der Waals surface area contributed by atoms with Gasteiger partial charge in [-0.05, 0) is 25.3 Å². The summed E-state index contributed by atoms with van der Waals surface area (Å²) in [5.74, 6) is -0.0843. The van der Waals surface area contributed by atoms with Crippen LogP contribution >= 0.6 is 0 Å². The SMILES string of the molecule is C=Nc1nccc([C@H]2OC(=O)C(=C)[C@@H]2c2ccccc2)c1/C=C\C. The second-order valence-corrected chi connectivity index (χ2v) is 5.54. The molecule has 1 saturated heterocycles. The number of carbonyl (C=O) groups is 1. The third-order valence-electron chi connectivity index (χ3n) is 4.13. The lowest BCUT2D eigenvalue weighted by molar-refractivity contribution is -0.139. The first-order chi connectivity index (χ1) is 11.7. The zero-order chi connectivity index (χ0) is 17.1. The van der Waals surface area contributed by atoms with Crippen molar-refractivity contribution in [2.45, 2.75) is 18.9 Å². The molecule has 0 amide bonds. The minimum atomic E-state index is -0.456. The summed E-state index contributed by atoms with van der Waals surface area (Å²) in [5.41, 5.74) is 3.12. The highest BCUT2D eigenvalue weighted by molar-refractivity contribution is 5.92. The molecule has 1 aromatic heterocycles. The molecule has 1 fully saturated rings. The molecular weight excluding hydrogens is 300 g/mol. The van der Waals surface area contributed by atoms with Crippen molar-refractivity contribution in [2.75, 3.05) is 0 Å². The maximum absolute atomic E-state index is 12.2. The van der Waals surface area contributed by atoms with E-state index in [0.29, 0.717) is 11.4 Å². The minimum absolute atomic E-state index is 0.234. The van der Waals surface area contributed by atoms with Crippen molar-refractivity contribution in [1.29, 1.82) is 0 Å². The van der Waals surface area contributed by atoms with Crippen molar-refractivity contribution in [3.05, 3.63) is 77.5 Å². The van der Waals surface area contributed by atoms with Crippen molar-refractivity contribution >= 4 is 24.6 Å². The van der Waals surface area contributed by atoms with Gasteiger partial charge in [0.25, 0.3) is 0 Å². The van der Waals surface area contributed by atoms with Gasteiger partial charge in [-0.25, -0.2) is 14.8 Å². The number of benzene rings is 1. The van der Waals surface area contributed by atoms with Gasteiger partial charge >= 0.3 is 5.97 Å². The van der Waals surface area contributed by atoms with Crippen LogP contribution in [0.4, 0.5) is 5.82 Å². The quantitative estimate of drug-likeness (QED) is 0.477. The van der Waals surface area contributed by atoms with E-state index >= 15 is 0 Å². The summed E-state index contributed by atoms with van der Waals surface area (Å²) in [6, 6.07) is 11.6. The Kier molecular flexibility index (Phi) is 4.38. The largest absolute Gasteiger partial charge is 0.453 e. The number of cyclic esters (lactones) is 1. The molecule has 2 heterocycles. The fraction of sp³-hybridized carbons (Fsp3) is 0.150. The molecule has 0 unspecified atom stereocenters. The smallest absolute Gasteiger partial charge is 0.334 e. The Morgan fingerprint density at radius 3 is 2.67 bits per heavy atom. The van der Waals surface area contributed by atoms with Gasteiger partial charge in [-0.1, -0.05) is 49.1 Å². The molecule has 0 N–H and O–H groups in total. The molecule has 1 aliphatic rings. The minimum Gasteiger partial charge on any atom is -0.453 e. The lowest BCUT2D eigenvalue weighted by Gasteiger charge is -2.20. The Bertz CT molecular complexity index is 825. The summed E-state index contributed by atoms with van der Waals surface area (Å²) in [6.45, 7) is 9.43. The first kappa shape index (κ1) is 15.9. The van der Waals surface area contributed by atoms with Crippen LogP contribution in [0.2, 0.25) is 0 Å². The van der Waals surface area contributed by atoms with Crippen LogP contribution in [-0.4, -0.2) is 17.7 Å². The molecular formula is C20H18N2O2. The molecule has 0 spiro atoms. The predicted octanol–water partition coefficient (Wildman–Crippen LogP) is 4.38. The summed E-state index contributed by atoms with van der Waals surface area (Å²) < 4.78 is 5.65. The van der Waals surface area contributed by atoms with E-state index in [2.05, 4.69) is 23.3 Å². The fourth-order valence-electron chi connectivity index (χ4n) is 3.04. The van der Waals surface area contributed by atoms with E-state index in [-0.39, 0.29) is 11.9 Å².